The zero-order valence-electron chi connectivity index (χ0n) is 12.3. The van der Waals surface area contributed by atoms with Crippen LogP contribution in [0.4, 0.5) is 4.39 Å². The molecule has 0 heterocycles. The Morgan fingerprint density at radius 2 is 2.05 bits per heavy atom. The first-order chi connectivity index (χ1) is 9.12. The highest BCUT2D eigenvalue weighted by Gasteiger charge is 2.28. The third-order valence-electron chi connectivity index (χ3n) is 3.31. The van der Waals surface area contributed by atoms with Gasteiger partial charge >= 0.3 is 5.97 Å². The zero-order valence-corrected chi connectivity index (χ0v) is 13.0. The summed E-state index contributed by atoms with van der Waals surface area (Å²) in [7, 11) is 0. The Hall–Kier alpha value is -1.13. The minimum atomic E-state index is -0.836. The summed E-state index contributed by atoms with van der Waals surface area (Å²) in [6.45, 7) is 8.41. The van der Waals surface area contributed by atoms with Gasteiger partial charge in [-0.2, -0.15) is 0 Å². The van der Waals surface area contributed by atoms with Crippen molar-refractivity contribution in [3.63, 3.8) is 0 Å². The molecule has 5 heteroatoms. The van der Waals surface area contributed by atoms with Gasteiger partial charge < -0.3 is 5.11 Å². The van der Waals surface area contributed by atoms with E-state index in [4.69, 9.17) is 16.7 Å². The van der Waals surface area contributed by atoms with Gasteiger partial charge in [-0.25, -0.2) is 4.39 Å². The number of carboxylic acids is 1. The van der Waals surface area contributed by atoms with Crippen LogP contribution in [-0.4, -0.2) is 28.1 Å². The van der Waals surface area contributed by atoms with E-state index in [1.807, 2.05) is 27.7 Å². The summed E-state index contributed by atoms with van der Waals surface area (Å²) in [4.78, 5) is 12.9. The van der Waals surface area contributed by atoms with Crippen LogP contribution < -0.4 is 0 Å². The van der Waals surface area contributed by atoms with Crippen LogP contribution in [0, 0.1) is 5.82 Å². The maximum absolute atomic E-state index is 13.1. The van der Waals surface area contributed by atoms with Gasteiger partial charge in [0.15, 0.2) is 0 Å². The first-order valence-electron chi connectivity index (χ1n) is 6.56. The first-order valence-corrected chi connectivity index (χ1v) is 6.94. The van der Waals surface area contributed by atoms with Crippen LogP contribution in [0.2, 0.25) is 5.02 Å². The molecule has 0 spiro atoms. The predicted molar refractivity (Wildman–Crippen MR) is 78.5 cm³/mol. The number of benzene rings is 1. The van der Waals surface area contributed by atoms with Gasteiger partial charge in [0.25, 0.3) is 0 Å². The molecule has 1 aromatic carbocycles. The van der Waals surface area contributed by atoms with Crippen molar-refractivity contribution in [3.8, 4) is 0 Å². The van der Waals surface area contributed by atoms with Gasteiger partial charge in [0.05, 0.1) is 6.42 Å². The lowest BCUT2D eigenvalue weighted by Crippen LogP contribution is -2.44. The molecule has 112 valence electrons. The fourth-order valence-electron chi connectivity index (χ4n) is 2.33. The van der Waals surface area contributed by atoms with Crippen LogP contribution >= 0.6 is 11.6 Å². The summed E-state index contributed by atoms with van der Waals surface area (Å²) >= 11 is 6.10. The van der Waals surface area contributed by atoms with Crippen LogP contribution in [0.15, 0.2) is 18.2 Å². The van der Waals surface area contributed by atoms with Crippen LogP contribution in [0.5, 0.6) is 0 Å². The Balaban J connectivity index is 3.03. The molecule has 0 fully saturated rings. The molecule has 1 atom stereocenters. The van der Waals surface area contributed by atoms with Gasteiger partial charge in [0, 0.05) is 23.1 Å². The normalized spacial score (nSPS) is 13.6. The topological polar surface area (TPSA) is 40.5 Å². The lowest BCUT2D eigenvalue weighted by atomic mass is 9.98. The largest absolute Gasteiger partial charge is 0.481 e. The number of aliphatic carboxylic acids is 1. The Morgan fingerprint density at radius 1 is 1.45 bits per heavy atom. The predicted octanol–water partition coefficient (Wildman–Crippen LogP) is 4.12. The van der Waals surface area contributed by atoms with Crippen molar-refractivity contribution in [1.82, 2.24) is 4.90 Å². The van der Waals surface area contributed by atoms with Crippen molar-refractivity contribution in [2.24, 2.45) is 0 Å². The van der Waals surface area contributed by atoms with Gasteiger partial charge in [-0.15, -0.1) is 0 Å². The molecular formula is C15H21ClFNO2. The van der Waals surface area contributed by atoms with Gasteiger partial charge in [0.1, 0.15) is 5.82 Å². The van der Waals surface area contributed by atoms with Crippen molar-refractivity contribution in [2.45, 2.75) is 45.7 Å². The van der Waals surface area contributed by atoms with Crippen LogP contribution in [-0.2, 0) is 4.79 Å². The average molecular weight is 302 g/mol. The fourth-order valence-corrected chi connectivity index (χ4v) is 2.66. The van der Waals surface area contributed by atoms with Crippen LogP contribution in [0.3, 0.4) is 0 Å². The molecule has 1 N–H and O–H groups in total. The van der Waals surface area contributed by atoms with Gasteiger partial charge in [0.2, 0.25) is 0 Å². The van der Waals surface area contributed by atoms with Crippen molar-refractivity contribution in [1.29, 1.82) is 0 Å². The number of nitrogens with zero attached hydrogens (tertiary/aromatic N) is 1. The summed E-state index contributed by atoms with van der Waals surface area (Å²) in [6.07, 6.45) is 0.0560. The summed E-state index contributed by atoms with van der Waals surface area (Å²) in [5.74, 6) is -1.21. The molecule has 0 saturated carbocycles. The molecule has 1 unspecified atom stereocenters. The lowest BCUT2D eigenvalue weighted by molar-refractivity contribution is -0.137. The van der Waals surface area contributed by atoms with Crippen LogP contribution in [0.1, 0.15) is 45.7 Å². The smallest absolute Gasteiger partial charge is 0.304 e. The van der Waals surface area contributed by atoms with Crippen molar-refractivity contribution < 1.29 is 14.3 Å². The van der Waals surface area contributed by atoms with Gasteiger partial charge in [-0.05, 0) is 45.4 Å². The number of halogens is 2. The molecule has 0 aliphatic carbocycles. The van der Waals surface area contributed by atoms with E-state index in [0.29, 0.717) is 11.6 Å². The second kappa shape index (κ2) is 6.55. The standard InChI is InChI=1S/C15H21ClFNO2/c1-10(12-6-5-11(17)9-13(12)16)18(15(2,3)4)8-7-14(19)20/h5-6,9-10H,7-8H2,1-4H3,(H,19,20). The SMILES string of the molecule is CC(c1ccc(F)cc1Cl)N(CCC(=O)O)C(C)(C)C. The summed E-state index contributed by atoms with van der Waals surface area (Å²) in [5.41, 5.74) is 0.584. The zero-order chi connectivity index (χ0) is 15.5. The van der Waals surface area contributed by atoms with Crippen molar-refractivity contribution >= 4 is 17.6 Å². The van der Waals surface area contributed by atoms with E-state index in [1.165, 1.54) is 12.1 Å². The second-order valence-electron chi connectivity index (χ2n) is 5.85. The van der Waals surface area contributed by atoms with Gasteiger partial charge in [-0.3, -0.25) is 9.69 Å². The molecule has 20 heavy (non-hydrogen) atoms. The summed E-state index contributed by atoms with van der Waals surface area (Å²) < 4.78 is 13.1. The number of rotatable bonds is 5. The molecule has 0 aliphatic heterocycles. The molecule has 1 aromatic rings. The molecule has 3 nitrogen and oxygen atoms in total. The van der Waals surface area contributed by atoms with Crippen LogP contribution in [0.25, 0.3) is 0 Å². The Labute approximate surface area is 124 Å². The second-order valence-corrected chi connectivity index (χ2v) is 6.26. The highest BCUT2D eigenvalue weighted by atomic mass is 35.5. The molecule has 0 saturated heterocycles. The number of hydrogen-bond donors (Lipinski definition) is 1. The van der Waals surface area contributed by atoms with Gasteiger partial charge in [-0.1, -0.05) is 17.7 Å². The number of carbonyl (C=O) groups is 1. The van der Waals surface area contributed by atoms with E-state index in [0.717, 1.165) is 5.56 Å². The Bertz CT molecular complexity index is 485. The molecule has 0 amide bonds. The fraction of sp³-hybridized carbons (Fsp3) is 0.533. The minimum Gasteiger partial charge on any atom is -0.481 e. The maximum Gasteiger partial charge on any atom is 0.304 e. The highest BCUT2D eigenvalue weighted by Crippen LogP contribution is 2.32. The molecule has 0 aromatic heterocycles. The average Bonchev–Trinajstić information content (AvgIpc) is 2.26. The third kappa shape index (κ3) is 4.46. The van der Waals surface area contributed by atoms with E-state index in [2.05, 4.69) is 4.90 Å². The molecular weight excluding hydrogens is 281 g/mol. The number of hydrogen-bond acceptors (Lipinski definition) is 2. The van der Waals surface area contributed by atoms with E-state index < -0.39 is 5.97 Å². The van der Waals surface area contributed by atoms with E-state index in [-0.39, 0.29) is 23.8 Å². The molecule has 0 radical (unpaired) electrons. The molecule has 1 rings (SSSR count). The van der Waals surface area contributed by atoms with E-state index in [1.54, 1.807) is 6.07 Å². The third-order valence-corrected chi connectivity index (χ3v) is 3.64. The maximum atomic E-state index is 13.1. The first kappa shape index (κ1) is 16.9. The monoisotopic (exact) mass is 301 g/mol. The highest BCUT2D eigenvalue weighted by molar-refractivity contribution is 6.31. The Morgan fingerprint density at radius 3 is 2.50 bits per heavy atom. The summed E-state index contributed by atoms with van der Waals surface area (Å²) in [6, 6.07) is 4.21. The van der Waals surface area contributed by atoms with E-state index >= 15 is 0 Å². The molecule has 0 bridgehead atoms. The quantitative estimate of drug-likeness (QED) is 0.889. The minimum absolute atomic E-state index is 0.0560. The lowest BCUT2D eigenvalue weighted by Gasteiger charge is -2.40. The summed E-state index contributed by atoms with van der Waals surface area (Å²) in [5, 5.41) is 9.23. The van der Waals surface area contributed by atoms with Crippen molar-refractivity contribution in [3.05, 3.63) is 34.6 Å². The Kier molecular flexibility index (Phi) is 5.54. The number of carboxylic acid groups (broad SMARTS) is 1. The molecule has 0 aliphatic rings. The van der Waals surface area contributed by atoms with E-state index in [9.17, 15) is 9.18 Å². The van der Waals surface area contributed by atoms with Crippen molar-refractivity contribution in [2.75, 3.05) is 6.54 Å².